The van der Waals surface area contributed by atoms with E-state index in [0.717, 1.165) is 35.5 Å². The van der Waals surface area contributed by atoms with Gasteiger partial charge in [-0.25, -0.2) is 0 Å². The van der Waals surface area contributed by atoms with Crippen LogP contribution < -0.4 is 0 Å². The molecular weight excluding hydrogens is 264 g/mol. The second-order valence-corrected chi connectivity index (χ2v) is 9.11. The van der Waals surface area contributed by atoms with Crippen molar-refractivity contribution in [2.75, 3.05) is 0 Å². The van der Waals surface area contributed by atoms with Crippen LogP contribution in [0.1, 0.15) is 90.9 Å². The standard InChI is InChI=1S/C22H38/c1-17-3-7-19(8-4-17)9-10-20-11-15-22(16-12-20)21-13-5-18(2)6-14-21/h11,15,17-22H,3-10,12-14,16H2,1-2H3. The Hall–Kier alpha value is -0.260. The zero-order chi connectivity index (χ0) is 15.4. The molecule has 0 aliphatic heterocycles. The normalized spacial score (nSPS) is 43.2. The van der Waals surface area contributed by atoms with Crippen molar-refractivity contribution in [3.05, 3.63) is 12.2 Å². The summed E-state index contributed by atoms with van der Waals surface area (Å²) in [6, 6.07) is 0. The highest BCUT2D eigenvalue weighted by Crippen LogP contribution is 2.40. The topological polar surface area (TPSA) is 0 Å². The van der Waals surface area contributed by atoms with Gasteiger partial charge >= 0.3 is 0 Å². The maximum atomic E-state index is 2.64. The molecule has 0 saturated heterocycles. The third-order valence-electron chi connectivity index (χ3n) is 7.25. The van der Waals surface area contributed by atoms with Crippen LogP contribution in [0.2, 0.25) is 0 Å². The van der Waals surface area contributed by atoms with Gasteiger partial charge in [0.2, 0.25) is 0 Å². The van der Waals surface area contributed by atoms with Crippen LogP contribution in [0.4, 0.5) is 0 Å². The summed E-state index contributed by atoms with van der Waals surface area (Å²) in [5.41, 5.74) is 0. The van der Waals surface area contributed by atoms with Crippen molar-refractivity contribution in [1.29, 1.82) is 0 Å². The van der Waals surface area contributed by atoms with E-state index in [9.17, 15) is 0 Å². The Labute approximate surface area is 139 Å². The van der Waals surface area contributed by atoms with Gasteiger partial charge in [-0.3, -0.25) is 0 Å². The number of hydrogen-bond acceptors (Lipinski definition) is 0. The molecule has 3 aliphatic rings. The van der Waals surface area contributed by atoms with E-state index in [1.54, 1.807) is 0 Å². The molecule has 0 aromatic heterocycles. The average molecular weight is 303 g/mol. The summed E-state index contributed by atoms with van der Waals surface area (Å²) in [5.74, 6) is 5.92. The number of hydrogen-bond donors (Lipinski definition) is 0. The largest absolute Gasteiger partial charge is 0.0851 e. The molecule has 0 amide bonds. The second kappa shape index (κ2) is 8.02. The summed E-state index contributed by atoms with van der Waals surface area (Å²) in [7, 11) is 0. The maximum Gasteiger partial charge on any atom is -0.0205 e. The predicted molar refractivity (Wildman–Crippen MR) is 96.8 cm³/mol. The fourth-order valence-electron chi connectivity index (χ4n) is 5.31. The summed E-state index contributed by atoms with van der Waals surface area (Å²) >= 11 is 0. The second-order valence-electron chi connectivity index (χ2n) is 9.11. The molecule has 2 atom stereocenters. The van der Waals surface area contributed by atoms with Crippen molar-refractivity contribution in [3.8, 4) is 0 Å². The number of allylic oxidation sites excluding steroid dienone is 2. The van der Waals surface area contributed by atoms with Gasteiger partial charge in [0, 0.05) is 0 Å². The highest BCUT2D eigenvalue weighted by atomic mass is 14.3. The molecule has 0 aromatic rings. The maximum absolute atomic E-state index is 2.64. The Morgan fingerprint density at radius 2 is 1.27 bits per heavy atom. The summed E-state index contributed by atoms with van der Waals surface area (Å²) < 4.78 is 0. The molecule has 0 heterocycles. The SMILES string of the molecule is CC1CCC(CCC2C=CC(C3CCC(C)CC3)CC2)CC1. The zero-order valence-electron chi connectivity index (χ0n) is 15.1. The highest BCUT2D eigenvalue weighted by molar-refractivity contribution is 5.00. The first-order chi connectivity index (χ1) is 10.7. The molecule has 0 aromatic carbocycles. The Bertz CT molecular complexity index is 339. The van der Waals surface area contributed by atoms with Gasteiger partial charge in [-0.2, -0.15) is 0 Å². The minimum absolute atomic E-state index is 0.915. The van der Waals surface area contributed by atoms with Crippen molar-refractivity contribution in [2.24, 2.45) is 35.5 Å². The molecule has 0 bridgehead atoms. The lowest BCUT2D eigenvalue weighted by molar-refractivity contribution is 0.215. The van der Waals surface area contributed by atoms with Crippen molar-refractivity contribution in [2.45, 2.75) is 90.9 Å². The molecule has 3 rings (SSSR count). The molecule has 126 valence electrons. The van der Waals surface area contributed by atoms with Crippen LogP contribution in [-0.4, -0.2) is 0 Å². The van der Waals surface area contributed by atoms with Gasteiger partial charge in [-0.05, 0) is 74.0 Å². The Morgan fingerprint density at radius 1 is 0.636 bits per heavy atom. The quantitative estimate of drug-likeness (QED) is 0.490. The molecule has 2 fully saturated rings. The van der Waals surface area contributed by atoms with Gasteiger partial charge in [-0.1, -0.05) is 64.5 Å². The summed E-state index contributed by atoms with van der Waals surface area (Å²) in [6.45, 7) is 4.88. The van der Waals surface area contributed by atoms with Gasteiger partial charge in [0.1, 0.15) is 0 Å². The Morgan fingerprint density at radius 3 is 1.86 bits per heavy atom. The molecule has 0 N–H and O–H groups in total. The minimum atomic E-state index is 0.915. The van der Waals surface area contributed by atoms with E-state index in [4.69, 9.17) is 0 Å². The summed E-state index contributed by atoms with van der Waals surface area (Å²) in [5, 5.41) is 0. The van der Waals surface area contributed by atoms with Crippen molar-refractivity contribution < 1.29 is 0 Å². The molecular formula is C22H38. The zero-order valence-corrected chi connectivity index (χ0v) is 15.1. The van der Waals surface area contributed by atoms with Crippen molar-refractivity contribution >= 4 is 0 Å². The lowest BCUT2D eigenvalue weighted by Crippen LogP contribution is -2.22. The third-order valence-corrected chi connectivity index (χ3v) is 7.25. The van der Waals surface area contributed by atoms with Crippen LogP contribution in [0, 0.1) is 35.5 Å². The van der Waals surface area contributed by atoms with Gasteiger partial charge in [0.05, 0.1) is 0 Å². The molecule has 3 aliphatic carbocycles. The summed E-state index contributed by atoms with van der Waals surface area (Å²) in [4.78, 5) is 0. The van der Waals surface area contributed by atoms with E-state index < -0.39 is 0 Å². The van der Waals surface area contributed by atoms with E-state index in [2.05, 4.69) is 26.0 Å². The van der Waals surface area contributed by atoms with Crippen molar-refractivity contribution in [3.63, 3.8) is 0 Å². The molecule has 0 radical (unpaired) electrons. The van der Waals surface area contributed by atoms with Crippen LogP contribution in [-0.2, 0) is 0 Å². The Balaban J connectivity index is 1.38. The van der Waals surface area contributed by atoms with Gasteiger partial charge < -0.3 is 0 Å². The van der Waals surface area contributed by atoms with Crippen molar-refractivity contribution in [1.82, 2.24) is 0 Å². The fraction of sp³-hybridized carbons (Fsp3) is 0.909. The van der Waals surface area contributed by atoms with Gasteiger partial charge in [0.25, 0.3) is 0 Å². The molecule has 0 heteroatoms. The van der Waals surface area contributed by atoms with Crippen LogP contribution in [0.15, 0.2) is 12.2 Å². The van der Waals surface area contributed by atoms with E-state index in [0.29, 0.717) is 0 Å². The molecule has 22 heavy (non-hydrogen) atoms. The van der Waals surface area contributed by atoms with E-state index in [-0.39, 0.29) is 0 Å². The first-order valence-electron chi connectivity index (χ1n) is 10.4. The predicted octanol–water partition coefficient (Wildman–Crippen LogP) is 7.00. The first kappa shape index (κ1) is 16.6. The van der Waals surface area contributed by atoms with Crippen LogP contribution >= 0.6 is 0 Å². The Kier molecular flexibility index (Phi) is 6.05. The molecule has 2 saturated carbocycles. The van der Waals surface area contributed by atoms with Crippen LogP contribution in [0.25, 0.3) is 0 Å². The fourth-order valence-corrected chi connectivity index (χ4v) is 5.31. The van der Waals surface area contributed by atoms with Crippen LogP contribution in [0.5, 0.6) is 0 Å². The number of rotatable bonds is 4. The van der Waals surface area contributed by atoms with E-state index in [1.807, 2.05) is 0 Å². The average Bonchev–Trinajstić information content (AvgIpc) is 2.56. The molecule has 0 spiro atoms. The van der Waals surface area contributed by atoms with E-state index >= 15 is 0 Å². The van der Waals surface area contributed by atoms with Gasteiger partial charge in [-0.15, -0.1) is 0 Å². The smallest absolute Gasteiger partial charge is 0.0205 e. The monoisotopic (exact) mass is 302 g/mol. The molecule has 0 nitrogen and oxygen atoms in total. The highest BCUT2D eigenvalue weighted by Gasteiger charge is 2.27. The van der Waals surface area contributed by atoms with E-state index in [1.165, 1.54) is 77.0 Å². The first-order valence-corrected chi connectivity index (χ1v) is 10.4. The third kappa shape index (κ3) is 4.62. The lowest BCUT2D eigenvalue weighted by Gasteiger charge is -2.34. The summed E-state index contributed by atoms with van der Waals surface area (Å²) in [6.07, 6.45) is 23.2. The molecule has 2 unspecified atom stereocenters. The van der Waals surface area contributed by atoms with Crippen LogP contribution in [0.3, 0.4) is 0 Å². The minimum Gasteiger partial charge on any atom is -0.0851 e. The lowest BCUT2D eigenvalue weighted by atomic mass is 9.71. The van der Waals surface area contributed by atoms with Gasteiger partial charge in [0.15, 0.2) is 0 Å².